The normalized spacial score (nSPS) is 15.1. The number of ether oxygens (including phenoxy) is 1. The van der Waals surface area contributed by atoms with Crippen molar-refractivity contribution in [3.05, 3.63) is 11.1 Å². The Balaban J connectivity index is 2.57. The summed E-state index contributed by atoms with van der Waals surface area (Å²) in [4.78, 5) is 1.21. The van der Waals surface area contributed by atoms with Crippen LogP contribution in [0.1, 0.15) is 31.2 Å². The summed E-state index contributed by atoms with van der Waals surface area (Å²) in [5.74, 6) is 0.534. The lowest BCUT2D eigenvalue weighted by Crippen LogP contribution is -2.26. The zero-order valence-electron chi connectivity index (χ0n) is 9.56. The smallest absolute Gasteiger partial charge is 0.0669 e. The molecule has 0 saturated heterocycles. The molecule has 0 fully saturated rings. The van der Waals surface area contributed by atoms with E-state index in [0.717, 1.165) is 19.6 Å². The molecule has 1 heterocycles. The predicted octanol–water partition coefficient (Wildman–Crippen LogP) is 1.86. The number of nitrogens with one attached hydrogen (secondary N) is 1. The summed E-state index contributed by atoms with van der Waals surface area (Å²) in [7, 11) is 1.74. The van der Waals surface area contributed by atoms with Gasteiger partial charge in [0.2, 0.25) is 0 Å². The second-order valence-electron chi connectivity index (χ2n) is 3.61. The third kappa shape index (κ3) is 3.85. The Labute approximate surface area is 95.2 Å². The largest absolute Gasteiger partial charge is 0.385 e. The summed E-state index contributed by atoms with van der Waals surface area (Å²) in [6.07, 6.45) is 2.90. The first-order valence-corrected chi connectivity index (χ1v) is 6.06. The Morgan fingerprint density at radius 1 is 1.60 bits per heavy atom. The van der Waals surface area contributed by atoms with Crippen LogP contribution < -0.4 is 5.32 Å². The Morgan fingerprint density at radius 2 is 2.40 bits per heavy atom. The topological polar surface area (TPSA) is 47.0 Å². The van der Waals surface area contributed by atoms with Gasteiger partial charge in [-0.1, -0.05) is 18.3 Å². The van der Waals surface area contributed by atoms with Gasteiger partial charge < -0.3 is 10.1 Å². The fraction of sp³-hybridized carbons (Fsp3) is 0.800. The van der Waals surface area contributed by atoms with Crippen molar-refractivity contribution in [2.24, 2.45) is 5.92 Å². The van der Waals surface area contributed by atoms with Crippen LogP contribution in [0, 0.1) is 5.92 Å². The molecule has 0 radical (unpaired) electrons. The van der Waals surface area contributed by atoms with Gasteiger partial charge in [-0.3, -0.25) is 0 Å². The molecule has 0 bridgehead atoms. The van der Waals surface area contributed by atoms with Gasteiger partial charge in [0, 0.05) is 19.8 Å². The Bertz CT molecular complexity index is 253. The Morgan fingerprint density at radius 3 is 2.93 bits per heavy atom. The van der Waals surface area contributed by atoms with Gasteiger partial charge in [-0.25, -0.2) is 0 Å². The second-order valence-corrected chi connectivity index (χ2v) is 4.43. The molecule has 0 aliphatic carbocycles. The summed E-state index contributed by atoms with van der Waals surface area (Å²) in [6.45, 7) is 6.10. The molecule has 0 saturated carbocycles. The van der Waals surface area contributed by atoms with Crippen LogP contribution in [0.25, 0.3) is 0 Å². The number of hydrogen-bond donors (Lipinski definition) is 1. The van der Waals surface area contributed by atoms with Gasteiger partial charge in [-0.15, -0.1) is 5.10 Å². The minimum Gasteiger partial charge on any atom is -0.385 e. The molecule has 86 valence electrons. The van der Waals surface area contributed by atoms with Crippen LogP contribution in [0.2, 0.25) is 0 Å². The van der Waals surface area contributed by atoms with Crippen molar-refractivity contribution in [1.29, 1.82) is 0 Å². The van der Waals surface area contributed by atoms with Crippen molar-refractivity contribution >= 4 is 11.5 Å². The van der Waals surface area contributed by atoms with E-state index < -0.39 is 0 Å². The lowest BCUT2D eigenvalue weighted by atomic mass is 9.97. The van der Waals surface area contributed by atoms with Crippen LogP contribution in [0.5, 0.6) is 0 Å². The van der Waals surface area contributed by atoms with Gasteiger partial charge in [-0.05, 0) is 30.4 Å². The standard InChI is InChI=1S/C10H19N3OS/c1-4-11-10(8(2)5-6-14-3)9-7-12-13-15-9/h7-8,10-11H,4-6H2,1-3H3. The fourth-order valence-electron chi connectivity index (χ4n) is 1.58. The average molecular weight is 229 g/mol. The van der Waals surface area contributed by atoms with Gasteiger partial charge in [0.25, 0.3) is 0 Å². The van der Waals surface area contributed by atoms with Gasteiger partial charge in [0.1, 0.15) is 0 Å². The molecule has 15 heavy (non-hydrogen) atoms. The second kappa shape index (κ2) is 6.87. The van der Waals surface area contributed by atoms with Crippen molar-refractivity contribution in [1.82, 2.24) is 14.9 Å². The van der Waals surface area contributed by atoms with Crippen LogP contribution in [-0.2, 0) is 4.74 Å². The lowest BCUT2D eigenvalue weighted by molar-refractivity contribution is 0.171. The van der Waals surface area contributed by atoms with E-state index in [1.807, 2.05) is 6.20 Å². The first kappa shape index (κ1) is 12.5. The van der Waals surface area contributed by atoms with E-state index in [9.17, 15) is 0 Å². The van der Waals surface area contributed by atoms with Gasteiger partial charge >= 0.3 is 0 Å². The molecule has 0 amide bonds. The summed E-state index contributed by atoms with van der Waals surface area (Å²) >= 11 is 1.47. The maximum absolute atomic E-state index is 5.10. The first-order valence-electron chi connectivity index (χ1n) is 5.29. The molecule has 2 unspecified atom stereocenters. The molecule has 0 aliphatic heterocycles. The van der Waals surface area contributed by atoms with Crippen molar-refractivity contribution in [2.75, 3.05) is 20.3 Å². The molecule has 5 heteroatoms. The molecule has 4 nitrogen and oxygen atoms in total. The SMILES string of the molecule is CCNC(c1cnns1)C(C)CCOC. The minimum atomic E-state index is 0.352. The number of rotatable bonds is 7. The highest BCUT2D eigenvalue weighted by Crippen LogP contribution is 2.25. The fourth-order valence-corrected chi connectivity index (χ4v) is 2.30. The van der Waals surface area contributed by atoms with Crippen molar-refractivity contribution in [3.8, 4) is 0 Å². The highest BCUT2D eigenvalue weighted by Gasteiger charge is 2.19. The van der Waals surface area contributed by atoms with Gasteiger partial charge in [-0.2, -0.15) is 0 Å². The van der Waals surface area contributed by atoms with Crippen molar-refractivity contribution < 1.29 is 4.74 Å². The molecule has 0 aromatic carbocycles. The molecule has 1 N–H and O–H groups in total. The summed E-state index contributed by atoms with van der Waals surface area (Å²) in [5, 5.41) is 7.35. The van der Waals surface area contributed by atoms with E-state index in [4.69, 9.17) is 4.74 Å². The quantitative estimate of drug-likeness (QED) is 0.775. The van der Waals surface area contributed by atoms with Crippen LogP contribution in [0.3, 0.4) is 0 Å². The van der Waals surface area contributed by atoms with Crippen molar-refractivity contribution in [3.63, 3.8) is 0 Å². The van der Waals surface area contributed by atoms with E-state index in [1.54, 1.807) is 7.11 Å². The van der Waals surface area contributed by atoms with E-state index >= 15 is 0 Å². The summed E-state index contributed by atoms with van der Waals surface area (Å²) in [5.41, 5.74) is 0. The van der Waals surface area contributed by atoms with E-state index in [-0.39, 0.29) is 0 Å². The van der Waals surface area contributed by atoms with Crippen LogP contribution in [-0.4, -0.2) is 29.8 Å². The molecule has 1 rings (SSSR count). The molecular formula is C10H19N3OS. The Hall–Kier alpha value is -0.520. The third-order valence-electron chi connectivity index (χ3n) is 2.46. The molecule has 0 spiro atoms. The highest BCUT2D eigenvalue weighted by atomic mass is 32.1. The first-order chi connectivity index (χ1) is 7.29. The zero-order valence-corrected chi connectivity index (χ0v) is 10.4. The third-order valence-corrected chi connectivity index (χ3v) is 3.20. The predicted molar refractivity (Wildman–Crippen MR) is 62.0 cm³/mol. The molecule has 0 aliphatic rings. The molecular weight excluding hydrogens is 210 g/mol. The average Bonchev–Trinajstić information content (AvgIpc) is 2.75. The van der Waals surface area contributed by atoms with E-state index in [2.05, 4.69) is 28.8 Å². The van der Waals surface area contributed by atoms with Crippen LogP contribution >= 0.6 is 11.5 Å². The number of aromatic nitrogens is 2. The molecule has 1 aromatic rings. The molecule has 2 atom stereocenters. The number of methoxy groups -OCH3 is 1. The van der Waals surface area contributed by atoms with Gasteiger partial charge in [0.15, 0.2) is 0 Å². The van der Waals surface area contributed by atoms with Crippen LogP contribution in [0.15, 0.2) is 6.20 Å². The van der Waals surface area contributed by atoms with Crippen LogP contribution in [0.4, 0.5) is 0 Å². The highest BCUT2D eigenvalue weighted by molar-refractivity contribution is 7.05. The van der Waals surface area contributed by atoms with Gasteiger partial charge in [0.05, 0.1) is 11.1 Å². The maximum atomic E-state index is 5.10. The van der Waals surface area contributed by atoms with E-state index in [0.29, 0.717) is 12.0 Å². The zero-order chi connectivity index (χ0) is 11.1. The number of hydrogen-bond acceptors (Lipinski definition) is 5. The summed E-state index contributed by atoms with van der Waals surface area (Å²) in [6, 6.07) is 0.352. The maximum Gasteiger partial charge on any atom is 0.0669 e. The summed E-state index contributed by atoms with van der Waals surface area (Å²) < 4.78 is 9.01. The van der Waals surface area contributed by atoms with E-state index in [1.165, 1.54) is 16.4 Å². The Kier molecular flexibility index (Phi) is 5.75. The van der Waals surface area contributed by atoms with Crippen molar-refractivity contribution in [2.45, 2.75) is 26.3 Å². The number of nitrogens with zero attached hydrogens (tertiary/aromatic N) is 2. The lowest BCUT2D eigenvalue weighted by Gasteiger charge is -2.22. The molecule has 1 aromatic heterocycles. The minimum absolute atomic E-state index is 0.352. The monoisotopic (exact) mass is 229 g/mol.